The van der Waals surface area contributed by atoms with Crippen LogP contribution in [-0.4, -0.2) is 18.4 Å². The molecule has 0 radical (unpaired) electrons. The molecule has 6 heteroatoms. The molecule has 0 aliphatic rings. The maximum absolute atomic E-state index is 11.6. The summed E-state index contributed by atoms with van der Waals surface area (Å²) in [5, 5.41) is 4.18. The molecule has 2 aromatic carbocycles. The Kier molecular flexibility index (Phi) is 5.60. The summed E-state index contributed by atoms with van der Waals surface area (Å²) in [5.74, 6) is 0.0524. The molecule has 0 saturated carbocycles. The molecule has 2 aromatic rings. The molecule has 0 unspecified atom stereocenters. The molecule has 0 amide bonds. The quantitative estimate of drug-likeness (QED) is 0.395. The zero-order valence-corrected chi connectivity index (χ0v) is 13.6. The van der Waals surface area contributed by atoms with Crippen LogP contribution in [-0.2, 0) is 9.63 Å². The van der Waals surface area contributed by atoms with E-state index in [1.165, 1.54) is 0 Å². The number of nitrogens with zero attached hydrogens (tertiary/aromatic N) is 1. The van der Waals surface area contributed by atoms with Gasteiger partial charge in [-0.1, -0.05) is 22.8 Å². The second-order valence-corrected chi connectivity index (χ2v) is 5.50. The molecule has 0 saturated heterocycles. The summed E-state index contributed by atoms with van der Waals surface area (Å²) in [6.07, 6.45) is 0. The molecule has 120 valence electrons. The number of amidine groups is 1. The summed E-state index contributed by atoms with van der Waals surface area (Å²) >= 11 is 5.78. The number of carbonyl (C=O) groups excluding carboxylic acids is 1. The smallest absolute Gasteiger partial charge is 0.372 e. The highest BCUT2D eigenvalue weighted by Crippen LogP contribution is 2.16. The van der Waals surface area contributed by atoms with Gasteiger partial charge in [-0.15, -0.1) is 0 Å². The Bertz CT molecular complexity index is 707. The number of ether oxygens (including phenoxy) is 1. The van der Waals surface area contributed by atoms with Crippen molar-refractivity contribution in [2.24, 2.45) is 10.9 Å². The number of hydrogen-bond donors (Lipinski definition) is 1. The molecule has 5 nitrogen and oxygen atoms in total. The number of oxime groups is 1. The third-order valence-electron chi connectivity index (χ3n) is 2.94. The molecule has 0 aromatic heterocycles. The predicted octanol–water partition coefficient (Wildman–Crippen LogP) is 3.20. The van der Waals surface area contributed by atoms with Crippen molar-refractivity contribution in [3.63, 3.8) is 0 Å². The third kappa shape index (κ3) is 5.30. The van der Waals surface area contributed by atoms with E-state index in [0.717, 1.165) is 11.1 Å². The van der Waals surface area contributed by atoms with E-state index >= 15 is 0 Å². The Hall–Kier alpha value is -2.53. The summed E-state index contributed by atoms with van der Waals surface area (Å²) in [4.78, 5) is 16.4. The lowest BCUT2D eigenvalue weighted by atomic mass is 10.1. The van der Waals surface area contributed by atoms with Crippen molar-refractivity contribution in [1.29, 1.82) is 0 Å². The Morgan fingerprint density at radius 3 is 2.35 bits per heavy atom. The second-order valence-electron chi connectivity index (χ2n) is 5.06. The molecule has 0 heterocycles. The standard InChI is InChI=1S/C17H17ClN2O3/c1-11-7-12(2)9-15(8-11)22-10-16(21)23-20-17(19)13-3-5-14(18)6-4-13/h3-9H,10H2,1-2H3,(H2,19,20). The highest BCUT2D eigenvalue weighted by molar-refractivity contribution is 6.30. The van der Waals surface area contributed by atoms with Crippen LogP contribution in [0.25, 0.3) is 0 Å². The summed E-state index contributed by atoms with van der Waals surface area (Å²) in [6.45, 7) is 3.66. The summed E-state index contributed by atoms with van der Waals surface area (Å²) in [7, 11) is 0. The van der Waals surface area contributed by atoms with Gasteiger partial charge in [0.05, 0.1) is 0 Å². The van der Waals surface area contributed by atoms with Crippen LogP contribution in [0.5, 0.6) is 5.75 Å². The molecule has 0 aliphatic heterocycles. The van der Waals surface area contributed by atoms with Crippen molar-refractivity contribution in [2.45, 2.75) is 13.8 Å². The van der Waals surface area contributed by atoms with Crippen LogP contribution in [0.2, 0.25) is 5.02 Å². The average molecular weight is 333 g/mol. The van der Waals surface area contributed by atoms with Crippen LogP contribution in [0.1, 0.15) is 16.7 Å². The first-order chi connectivity index (χ1) is 10.9. The molecule has 0 fully saturated rings. The number of carbonyl (C=O) groups is 1. The fraction of sp³-hybridized carbons (Fsp3) is 0.176. The molecular formula is C17H17ClN2O3. The first kappa shape index (κ1) is 16.8. The monoisotopic (exact) mass is 332 g/mol. The van der Waals surface area contributed by atoms with Gasteiger partial charge < -0.3 is 15.3 Å². The minimum Gasteiger partial charge on any atom is -0.482 e. The van der Waals surface area contributed by atoms with Gasteiger partial charge in [-0.3, -0.25) is 0 Å². The molecule has 0 bridgehead atoms. The predicted molar refractivity (Wildman–Crippen MR) is 89.7 cm³/mol. The fourth-order valence-electron chi connectivity index (χ4n) is 1.96. The molecular weight excluding hydrogens is 316 g/mol. The molecule has 0 aliphatic carbocycles. The van der Waals surface area contributed by atoms with Crippen molar-refractivity contribution in [3.8, 4) is 5.75 Å². The lowest BCUT2D eigenvalue weighted by Gasteiger charge is -2.06. The minimum absolute atomic E-state index is 0.0846. The van der Waals surface area contributed by atoms with E-state index in [0.29, 0.717) is 16.3 Å². The van der Waals surface area contributed by atoms with Crippen LogP contribution >= 0.6 is 11.6 Å². The lowest BCUT2D eigenvalue weighted by Crippen LogP contribution is -2.18. The SMILES string of the molecule is Cc1cc(C)cc(OCC(=O)O/N=C(\N)c2ccc(Cl)cc2)c1. The minimum atomic E-state index is -0.638. The molecule has 23 heavy (non-hydrogen) atoms. The van der Waals surface area contributed by atoms with Crippen molar-refractivity contribution < 1.29 is 14.4 Å². The van der Waals surface area contributed by atoms with Gasteiger partial charge in [0.1, 0.15) is 5.75 Å². The van der Waals surface area contributed by atoms with Crippen LogP contribution in [0.15, 0.2) is 47.6 Å². The van der Waals surface area contributed by atoms with Gasteiger partial charge in [0.15, 0.2) is 12.4 Å². The van der Waals surface area contributed by atoms with Crippen molar-refractivity contribution in [2.75, 3.05) is 6.61 Å². The fourth-order valence-corrected chi connectivity index (χ4v) is 2.08. The van der Waals surface area contributed by atoms with Crippen molar-refractivity contribution >= 4 is 23.4 Å². The second kappa shape index (κ2) is 7.65. The Labute approximate surface area is 139 Å². The number of rotatable bonds is 5. The largest absolute Gasteiger partial charge is 0.482 e. The third-order valence-corrected chi connectivity index (χ3v) is 3.19. The number of nitrogens with two attached hydrogens (primary N) is 1. The van der Waals surface area contributed by atoms with Gasteiger partial charge in [-0.05, 0) is 61.4 Å². The van der Waals surface area contributed by atoms with Gasteiger partial charge in [0.2, 0.25) is 0 Å². The summed E-state index contributed by atoms with van der Waals surface area (Å²) < 4.78 is 5.38. The first-order valence-electron chi connectivity index (χ1n) is 6.94. The molecule has 0 atom stereocenters. The number of hydrogen-bond acceptors (Lipinski definition) is 4. The Morgan fingerprint density at radius 1 is 1.13 bits per heavy atom. The van der Waals surface area contributed by atoms with E-state index < -0.39 is 5.97 Å². The molecule has 2 rings (SSSR count). The van der Waals surface area contributed by atoms with Crippen LogP contribution in [0, 0.1) is 13.8 Å². The highest BCUT2D eigenvalue weighted by atomic mass is 35.5. The van der Waals surface area contributed by atoms with Crippen molar-refractivity contribution in [3.05, 3.63) is 64.2 Å². The van der Waals surface area contributed by atoms with E-state index in [-0.39, 0.29) is 12.4 Å². The first-order valence-corrected chi connectivity index (χ1v) is 7.32. The summed E-state index contributed by atoms with van der Waals surface area (Å²) in [5.41, 5.74) is 8.45. The van der Waals surface area contributed by atoms with Crippen molar-refractivity contribution in [1.82, 2.24) is 0 Å². The number of aryl methyl sites for hydroxylation is 2. The Morgan fingerprint density at radius 2 is 1.74 bits per heavy atom. The van der Waals surface area contributed by atoms with Gasteiger partial charge in [-0.2, -0.15) is 0 Å². The maximum atomic E-state index is 11.6. The van der Waals surface area contributed by atoms with Gasteiger partial charge in [0.25, 0.3) is 0 Å². The van der Waals surface area contributed by atoms with Gasteiger partial charge in [0, 0.05) is 10.6 Å². The van der Waals surface area contributed by atoms with E-state index in [9.17, 15) is 4.79 Å². The Balaban J connectivity index is 1.89. The van der Waals surface area contributed by atoms with Crippen LogP contribution in [0.3, 0.4) is 0 Å². The lowest BCUT2D eigenvalue weighted by molar-refractivity contribution is -0.146. The van der Waals surface area contributed by atoms with E-state index in [1.807, 2.05) is 32.0 Å². The number of halogens is 1. The van der Waals surface area contributed by atoms with Gasteiger partial charge >= 0.3 is 5.97 Å². The average Bonchev–Trinajstić information content (AvgIpc) is 2.50. The summed E-state index contributed by atoms with van der Waals surface area (Å²) in [6, 6.07) is 12.4. The van der Waals surface area contributed by atoms with Crippen LogP contribution in [0.4, 0.5) is 0 Å². The topological polar surface area (TPSA) is 73.9 Å². The van der Waals surface area contributed by atoms with Gasteiger partial charge in [-0.25, -0.2) is 4.79 Å². The maximum Gasteiger partial charge on any atom is 0.372 e. The molecule has 2 N–H and O–H groups in total. The zero-order chi connectivity index (χ0) is 16.8. The normalized spacial score (nSPS) is 11.2. The molecule has 0 spiro atoms. The highest BCUT2D eigenvalue weighted by Gasteiger charge is 2.06. The number of benzene rings is 2. The zero-order valence-electron chi connectivity index (χ0n) is 12.9. The van der Waals surface area contributed by atoms with E-state index in [2.05, 4.69) is 5.16 Å². The van der Waals surface area contributed by atoms with Crippen LogP contribution < -0.4 is 10.5 Å². The van der Waals surface area contributed by atoms with E-state index in [4.69, 9.17) is 26.9 Å². The van der Waals surface area contributed by atoms with E-state index in [1.54, 1.807) is 24.3 Å².